The highest BCUT2D eigenvalue weighted by Crippen LogP contribution is 2.39. The lowest BCUT2D eigenvalue weighted by atomic mass is 9.88. The predicted octanol–water partition coefficient (Wildman–Crippen LogP) is 2.77. The van der Waals surface area contributed by atoms with Gasteiger partial charge in [-0.25, -0.2) is 9.37 Å². The van der Waals surface area contributed by atoms with Crippen LogP contribution >= 0.6 is 11.3 Å². The third-order valence-electron chi connectivity index (χ3n) is 5.04. The van der Waals surface area contributed by atoms with E-state index in [4.69, 9.17) is 0 Å². The van der Waals surface area contributed by atoms with Crippen LogP contribution < -0.4 is 0 Å². The third-order valence-corrected chi connectivity index (χ3v) is 5.94. The van der Waals surface area contributed by atoms with Gasteiger partial charge in [-0.3, -0.25) is 9.69 Å². The highest BCUT2D eigenvalue weighted by molar-refractivity contribution is 7.11. The van der Waals surface area contributed by atoms with Gasteiger partial charge in [0.05, 0.1) is 5.01 Å². The molecule has 1 aromatic heterocycles. The van der Waals surface area contributed by atoms with Crippen molar-refractivity contribution in [3.05, 3.63) is 16.1 Å². The van der Waals surface area contributed by atoms with Gasteiger partial charge in [-0.2, -0.15) is 0 Å². The highest BCUT2D eigenvalue weighted by Gasteiger charge is 2.45. The zero-order valence-corrected chi connectivity index (χ0v) is 14.0. The van der Waals surface area contributed by atoms with Gasteiger partial charge in [-0.05, 0) is 39.2 Å². The average molecular weight is 325 g/mol. The van der Waals surface area contributed by atoms with E-state index in [0.29, 0.717) is 6.42 Å². The Hall–Kier alpha value is -1.01. The van der Waals surface area contributed by atoms with Crippen LogP contribution in [0, 0.1) is 6.92 Å². The number of hydrogen-bond donors (Lipinski definition) is 0. The van der Waals surface area contributed by atoms with Crippen LogP contribution in [0.3, 0.4) is 0 Å². The lowest BCUT2D eigenvalue weighted by Crippen LogP contribution is -2.47. The standard InChI is InChI=1S/C16H24FN3OS/c1-13-18-11-14(22-13)12-19-8-2-4-16(6-9-19)5-3-15(21)20(16)10-7-17/h11H,2-10,12H2,1H3. The van der Waals surface area contributed by atoms with Gasteiger partial charge in [0.15, 0.2) is 0 Å². The molecule has 2 saturated heterocycles. The Labute approximate surface area is 135 Å². The highest BCUT2D eigenvalue weighted by atomic mass is 32.1. The molecular weight excluding hydrogens is 301 g/mol. The number of halogens is 1. The molecule has 1 unspecified atom stereocenters. The second-order valence-electron chi connectivity index (χ2n) is 6.43. The van der Waals surface area contributed by atoms with Gasteiger partial charge >= 0.3 is 0 Å². The van der Waals surface area contributed by atoms with E-state index in [2.05, 4.69) is 9.88 Å². The molecule has 1 atom stereocenters. The first-order valence-corrected chi connectivity index (χ1v) is 8.95. The van der Waals surface area contributed by atoms with Crippen LogP contribution in [0.25, 0.3) is 0 Å². The number of alkyl halides is 1. The summed E-state index contributed by atoms with van der Waals surface area (Å²) in [5.41, 5.74) is -0.0818. The lowest BCUT2D eigenvalue weighted by Gasteiger charge is -2.37. The molecule has 4 nitrogen and oxygen atoms in total. The zero-order chi connectivity index (χ0) is 15.6. The van der Waals surface area contributed by atoms with Crippen molar-refractivity contribution in [3.8, 4) is 0 Å². The van der Waals surface area contributed by atoms with E-state index in [-0.39, 0.29) is 18.0 Å². The second kappa shape index (κ2) is 6.62. The van der Waals surface area contributed by atoms with Crippen molar-refractivity contribution in [1.82, 2.24) is 14.8 Å². The molecule has 2 fully saturated rings. The Morgan fingerprint density at radius 1 is 1.36 bits per heavy atom. The molecule has 3 heterocycles. The molecule has 6 heteroatoms. The van der Waals surface area contributed by atoms with E-state index in [1.807, 2.05) is 18.0 Å². The molecule has 3 rings (SSSR count). The van der Waals surface area contributed by atoms with Gasteiger partial charge in [0.2, 0.25) is 5.91 Å². The first-order valence-electron chi connectivity index (χ1n) is 8.13. The van der Waals surface area contributed by atoms with Crippen LogP contribution in [0.15, 0.2) is 6.20 Å². The summed E-state index contributed by atoms with van der Waals surface area (Å²) in [7, 11) is 0. The molecule has 0 aromatic carbocycles. The monoisotopic (exact) mass is 325 g/mol. The third kappa shape index (κ3) is 3.18. The van der Waals surface area contributed by atoms with E-state index in [0.717, 1.165) is 50.3 Å². The van der Waals surface area contributed by atoms with E-state index in [9.17, 15) is 9.18 Å². The van der Waals surface area contributed by atoms with Crippen molar-refractivity contribution in [1.29, 1.82) is 0 Å². The number of aryl methyl sites for hydroxylation is 1. The maximum atomic E-state index is 12.8. The fraction of sp³-hybridized carbons (Fsp3) is 0.750. The number of carbonyl (C=O) groups excluding carboxylic acids is 1. The molecule has 1 spiro atoms. The topological polar surface area (TPSA) is 36.4 Å². The van der Waals surface area contributed by atoms with Crippen molar-refractivity contribution in [2.24, 2.45) is 0 Å². The molecule has 1 aromatic rings. The first-order chi connectivity index (χ1) is 10.6. The van der Waals surface area contributed by atoms with Crippen molar-refractivity contribution >= 4 is 17.2 Å². The largest absolute Gasteiger partial charge is 0.334 e. The maximum Gasteiger partial charge on any atom is 0.223 e. The zero-order valence-electron chi connectivity index (χ0n) is 13.2. The van der Waals surface area contributed by atoms with Crippen LogP contribution in [0.1, 0.15) is 42.0 Å². The Morgan fingerprint density at radius 3 is 2.95 bits per heavy atom. The summed E-state index contributed by atoms with van der Waals surface area (Å²) in [6.45, 7) is 4.84. The Kier molecular flexibility index (Phi) is 4.78. The van der Waals surface area contributed by atoms with Crippen molar-refractivity contribution in [2.75, 3.05) is 26.3 Å². The fourth-order valence-corrected chi connectivity index (χ4v) is 4.77. The van der Waals surface area contributed by atoms with E-state index in [1.54, 1.807) is 11.3 Å². The molecule has 0 saturated carbocycles. The first kappa shape index (κ1) is 15.9. The van der Waals surface area contributed by atoms with Gasteiger partial charge in [0.1, 0.15) is 6.67 Å². The Balaban J connectivity index is 1.65. The van der Waals surface area contributed by atoms with Crippen LogP contribution in [0.5, 0.6) is 0 Å². The SMILES string of the molecule is Cc1ncc(CN2CCCC3(CCC(=O)N3CCF)CC2)s1. The molecule has 2 aliphatic rings. The molecule has 0 bridgehead atoms. The summed E-state index contributed by atoms with van der Waals surface area (Å²) in [6.07, 6.45) is 6.52. The molecular formula is C16H24FN3OS. The Morgan fingerprint density at radius 2 is 2.23 bits per heavy atom. The van der Waals surface area contributed by atoms with Crippen molar-refractivity contribution in [3.63, 3.8) is 0 Å². The number of nitrogens with zero attached hydrogens (tertiary/aromatic N) is 3. The molecule has 0 aliphatic carbocycles. The summed E-state index contributed by atoms with van der Waals surface area (Å²) in [6, 6.07) is 0. The number of thiazole rings is 1. The van der Waals surface area contributed by atoms with E-state index >= 15 is 0 Å². The van der Waals surface area contributed by atoms with Crippen molar-refractivity contribution < 1.29 is 9.18 Å². The van der Waals surface area contributed by atoms with Crippen LogP contribution in [0.4, 0.5) is 4.39 Å². The van der Waals surface area contributed by atoms with Crippen LogP contribution in [0.2, 0.25) is 0 Å². The predicted molar refractivity (Wildman–Crippen MR) is 85.6 cm³/mol. The van der Waals surface area contributed by atoms with E-state index < -0.39 is 6.67 Å². The van der Waals surface area contributed by atoms with Crippen LogP contribution in [-0.2, 0) is 11.3 Å². The van der Waals surface area contributed by atoms with Gasteiger partial charge in [0, 0.05) is 42.7 Å². The normalized spacial score (nSPS) is 26.8. The molecule has 1 amide bonds. The molecule has 0 radical (unpaired) electrons. The average Bonchev–Trinajstić information content (AvgIpc) is 2.95. The van der Waals surface area contributed by atoms with Crippen molar-refractivity contribution in [2.45, 2.75) is 51.1 Å². The Bertz CT molecular complexity index is 535. The summed E-state index contributed by atoms with van der Waals surface area (Å²) < 4.78 is 12.8. The number of hydrogen-bond acceptors (Lipinski definition) is 4. The number of aromatic nitrogens is 1. The van der Waals surface area contributed by atoms with Gasteiger partial charge in [0.25, 0.3) is 0 Å². The van der Waals surface area contributed by atoms with E-state index in [1.165, 1.54) is 4.88 Å². The maximum absolute atomic E-state index is 12.8. The molecule has 2 aliphatic heterocycles. The number of rotatable bonds is 4. The minimum absolute atomic E-state index is 0.0818. The molecule has 22 heavy (non-hydrogen) atoms. The smallest absolute Gasteiger partial charge is 0.223 e. The molecule has 122 valence electrons. The number of carbonyl (C=O) groups is 1. The quantitative estimate of drug-likeness (QED) is 0.854. The molecule has 0 N–H and O–H groups in total. The number of likely N-dealkylation sites (tertiary alicyclic amines) is 2. The lowest BCUT2D eigenvalue weighted by molar-refractivity contribution is -0.131. The van der Waals surface area contributed by atoms with Gasteiger partial charge < -0.3 is 4.90 Å². The fourth-order valence-electron chi connectivity index (χ4n) is 3.93. The summed E-state index contributed by atoms with van der Waals surface area (Å²) >= 11 is 1.75. The second-order valence-corrected chi connectivity index (χ2v) is 7.75. The summed E-state index contributed by atoms with van der Waals surface area (Å²) in [5.74, 6) is 0.143. The minimum Gasteiger partial charge on any atom is -0.334 e. The van der Waals surface area contributed by atoms with Crippen LogP contribution in [-0.4, -0.2) is 52.5 Å². The minimum atomic E-state index is -0.433. The summed E-state index contributed by atoms with van der Waals surface area (Å²) in [5, 5.41) is 1.11. The van der Waals surface area contributed by atoms with Gasteiger partial charge in [-0.15, -0.1) is 11.3 Å². The van der Waals surface area contributed by atoms with Gasteiger partial charge in [-0.1, -0.05) is 0 Å². The summed E-state index contributed by atoms with van der Waals surface area (Å²) in [4.78, 5) is 22.0. The number of amides is 1.